The first kappa shape index (κ1) is 74.3. The van der Waals surface area contributed by atoms with E-state index in [1.54, 1.807) is 102 Å². The second-order valence-electron chi connectivity index (χ2n) is 20.8. The van der Waals surface area contributed by atoms with E-state index in [1.165, 1.54) is 68.8 Å². The Hall–Kier alpha value is -6.83. The third-order valence-electron chi connectivity index (χ3n) is 13.7. The summed E-state index contributed by atoms with van der Waals surface area (Å²) in [5, 5.41) is 35.2. The molecule has 85 heavy (non-hydrogen) atoms. The summed E-state index contributed by atoms with van der Waals surface area (Å²) in [7, 11) is 13.4. The molecule has 29 nitrogen and oxygen atoms in total. The fourth-order valence-corrected chi connectivity index (χ4v) is 9.15. The van der Waals surface area contributed by atoms with Gasteiger partial charge in [-0.3, -0.25) is 55.7 Å². The van der Waals surface area contributed by atoms with E-state index in [4.69, 9.17) is 5.11 Å². The van der Waals surface area contributed by atoms with Crippen LogP contribution in [0.5, 0.6) is 0 Å². The Bertz CT molecular complexity index is 3700. The SMILES string of the molecule is CC(=O)CCCCn1c(=O)c2c(ncn2C)n(C)c1=O.CC(O)CCCCn1c(=O)c2c(ncn2C)n(C)c1=O.CCO.C[C@@H](O)CCCCn1c(=O)c2c(ncn2C)n(C)c1=O.C[C@H](O)CCCCn1c(=O)c2c(ncn2C)n(C)c1=O.[B].[H-].[Na+]. The van der Waals surface area contributed by atoms with Crippen molar-refractivity contribution in [2.24, 2.45) is 56.4 Å². The van der Waals surface area contributed by atoms with Crippen LogP contribution in [-0.4, -0.2) is 134 Å². The number of aryl methyl sites for hydroxylation is 8. The van der Waals surface area contributed by atoms with Crippen molar-refractivity contribution < 1.29 is 56.2 Å². The number of carbonyl (C=O) groups excluding carboxylic acids is 1. The van der Waals surface area contributed by atoms with Gasteiger partial charge >= 0.3 is 52.3 Å². The van der Waals surface area contributed by atoms with E-state index in [1.807, 2.05) is 0 Å². The van der Waals surface area contributed by atoms with Gasteiger partial charge in [-0.05, 0) is 105 Å². The largest absolute Gasteiger partial charge is 1.00 e. The minimum Gasteiger partial charge on any atom is -1.00 e. The van der Waals surface area contributed by atoms with Gasteiger partial charge in [-0.2, -0.15) is 0 Å². The van der Waals surface area contributed by atoms with Crippen LogP contribution in [0, 0.1) is 0 Å². The summed E-state index contributed by atoms with van der Waals surface area (Å²) in [6.45, 7) is 10.1. The molecule has 0 aliphatic rings. The average Bonchev–Trinajstić information content (AvgIpc) is 2.95. The van der Waals surface area contributed by atoms with E-state index in [9.17, 15) is 58.5 Å². The number of rotatable bonds is 20. The first-order valence-electron chi connectivity index (χ1n) is 27.7. The molecule has 0 spiro atoms. The minimum atomic E-state index is -0.371. The maximum atomic E-state index is 12.4. The quantitative estimate of drug-likeness (QED) is 0.0433. The Labute approximate surface area is 515 Å². The molecule has 0 amide bonds. The van der Waals surface area contributed by atoms with Crippen LogP contribution in [0.3, 0.4) is 0 Å². The summed E-state index contributed by atoms with van der Waals surface area (Å²) in [6, 6.07) is 0. The summed E-state index contributed by atoms with van der Waals surface area (Å²) in [5.74, 6) is 0.118. The zero-order chi connectivity index (χ0) is 62.2. The molecule has 31 heteroatoms. The molecule has 0 saturated carbocycles. The van der Waals surface area contributed by atoms with E-state index in [0.717, 1.165) is 19.3 Å². The maximum absolute atomic E-state index is 12.4. The van der Waals surface area contributed by atoms with Gasteiger partial charge in [0.25, 0.3) is 22.2 Å². The summed E-state index contributed by atoms with van der Waals surface area (Å²) >= 11 is 0. The molecule has 0 fully saturated rings. The number of fused-ring (bicyclic) bond motifs is 4. The molecule has 0 aliphatic carbocycles. The molecule has 8 aromatic heterocycles. The predicted octanol–water partition coefficient (Wildman–Crippen LogP) is -3.12. The van der Waals surface area contributed by atoms with Gasteiger partial charge in [-0.1, -0.05) is 0 Å². The number of aromatic nitrogens is 16. The summed E-state index contributed by atoms with van der Waals surface area (Å²) in [5.41, 5.74) is 0.660. The third kappa shape index (κ3) is 18.6. The molecule has 3 radical (unpaired) electrons. The first-order valence-corrected chi connectivity index (χ1v) is 27.7. The number of ketones is 1. The standard InChI is InChI=1S/3C13H20N4O3.C13H18N4O3.C2H6O.B.Na.H/c4*1-9(18)6-4-5-7-17-12(19)10-11(14-8-15(10)2)16(3)13(17)20;1-2-3;;;/h3*8-9,18H,4-7H2,1-3H3;8H,4-7H2,1-3H3;3H,2H2,1H3;;;/q;;;;;;+1;-1/t2*9-;;;;;;/m10....../s1. The molecular weight excluding hydrogens is 1110 g/mol. The molecule has 4 N–H and O–H groups in total. The monoisotopic (exact) mass is 1200 g/mol. The van der Waals surface area contributed by atoms with Crippen LogP contribution >= 0.6 is 0 Å². The second kappa shape index (κ2) is 34.4. The summed E-state index contributed by atoms with van der Waals surface area (Å²) in [4.78, 5) is 125. The van der Waals surface area contributed by atoms with Crippen molar-refractivity contribution in [3.63, 3.8) is 0 Å². The maximum Gasteiger partial charge on any atom is 1.00 e. The number of aliphatic hydroxyl groups excluding tert-OH is 4. The van der Waals surface area contributed by atoms with Crippen LogP contribution in [0.1, 0.15) is 113 Å². The van der Waals surface area contributed by atoms with E-state index in [0.29, 0.717) is 129 Å². The van der Waals surface area contributed by atoms with Crippen molar-refractivity contribution in [3.05, 3.63) is 109 Å². The molecule has 0 bridgehead atoms. The molecule has 0 aromatic carbocycles. The number of aliphatic hydroxyl groups is 4. The van der Waals surface area contributed by atoms with Crippen LogP contribution in [-0.2, 0) is 87.4 Å². The first-order chi connectivity index (χ1) is 39.1. The van der Waals surface area contributed by atoms with Gasteiger partial charge in [-0.15, -0.1) is 0 Å². The zero-order valence-corrected chi connectivity index (χ0v) is 53.8. The van der Waals surface area contributed by atoms with Crippen LogP contribution in [0.15, 0.2) is 63.7 Å². The Morgan fingerprint density at radius 3 is 0.824 bits per heavy atom. The van der Waals surface area contributed by atoms with Gasteiger partial charge in [0.15, 0.2) is 44.7 Å². The van der Waals surface area contributed by atoms with E-state index in [-0.39, 0.29) is 115 Å². The third-order valence-corrected chi connectivity index (χ3v) is 13.7. The van der Waals surface area contributed by atoms with Gasteiger partial charge in [0.1, 0.15) is 5.78 Å². The van der Waals surface area contributed by atoms with Crippen LogP contribution in [0.25, 0.3) is 44.7 Å². The van der Waals surface area contributed by atoms with Crippen molar-refractivity contribution in [1.82, 2.24) is 74.7 Å². The van der Waals surface area contributed by atoms with Gasteiger partial charge < -0.3 is 44.9 Å². The predicted molar refractivity (Wildman–Crippen MR) is 322 cm³/mol. The van der Waals surface area contributed by atoms with Crippen LogP contribution < -0.4 is 74.6 Å². The van der Waals surface area contributed by atoms with Crippen LogP contribution in [0.2, 0.25) is 0 Å². The number of hydrogen-bond donors (Lipinski definition) is 4. The smallest absolute Gasteiger partial charge is 1.00 e. The van der Waals surface area contributed by atoms with Crippen molar-refractivity contribution in [2.45, 2.75) is 156 Å². The molecule has 8 heterocycles. The fourth-order valence-electron chi connectivity index (χ4n) is 9.15. The molecular formula is C54H85BN16NaO13. The second-order valence-corrected chi connectivity index (χ2v) is 20.8. The molecule has 0 saturated heterocycles. The van der Waals surface area contributed by atoms with Gasteiger partial charge in [0.2, 0.25) is 0 Å². The van der Waals surface area contributed by atoms with Crippen molar-refractivity contribution in [3.8, 4) is 0 Å². The Morgan fingerprint density at radius 2 is 0.635 bits per heavy atom. The van der Waals surface area contributed by atoms with E-state index < -0.39 is 0 Å². The number of imidazole rings is 4. The number of nitrogens with zero attached hydrogens (tertiary/aromatic N) is 16. The van der Waals surface area contributed by atoms with E-state index in [2.05, 4.69) is 19.9 Å². The molecule has 3 atom stereocenters. The normalized spacial score (nSPS) is 12.0. The molecule has 463 valence electrons. The van der Waals surface area contributed by atoms with Gasteiger partial charge in [0.05, 0.1) is 43.6 Å². The number of hydrogen-bond acceptors (Lipinski definition) is 17. The molecule has 0 aliphatic heterocycles. The average molecular weight is 1200 g/mol. The number of unbranched alkanes of at least 4 members (excludes halogenated alkanes) is 4. The Balaban J connectivity index is 0.000000558. The van der Waals surface area contributed by atoms with Gasteiger partial charge in [0, 0.05) is 104 Å². The number of carbonyl (C=O) groups is 1. The topological polar surface area (TPSA) is 345 Å². The summed E-state index contributed by atoms with van der Waals surface area (Å²) in [6.07, 6.45) is 13.2. The van der Waals surface area contributed by atoms with Crippen molar-refractivity contribution in [2.75, 3.05) is 6.61 Å². The van der Waals surface area contributed by atoms with Crippen molar-refractivity contribution >= 4 is 58.9 Å². The zero-order valence-electron chi connectivity index (χ0n) is 52.8. The number of Topliss-reactive ketones (excluding diaryl/α,β-unsaturated/α-hetero) is 1. The van der Waals surface area contributed by atoms with Gasteiger partial charge in [-0.25, -0.2) is 39.1 Å². The molecule has 8 aromatic rings. The fraction of sp³-hybridized carbons (Fsp3) is 0.611. The van der Waals surface area contributed by atoms with Crippen LogP contribution in [0.4, 0.5) is 0 Å². The van der Waals surface area contributed by atoms with Crippen molar-refractivity contribution in [1.29, 1.82) is 0 Å². The Kier molecular flexibility index (Phi) is 30.0. The summed E-state index contributed by atoms with van der Waals surface area (Å²) < 4.78 is 17.0. The Morgan fingerprint density at radius 1 is 0.435 bits per heavy atom. The molecule has 8 rings (SSSR count). The minimum absolute atomic E-state index is 0. The molecule has 1 unspecified atom stereocenters. The van der Waals surface area contributed by atoms with E-state index >= 15 is 0 Å².